The number of carbonyl (C=O) groups is 1. The lowest BCUT2D eigenvalue weighted by molar-refractivity contribution is 0.0947. The zero-order valence-corrected chi connectivity index (χ0v) is 19.7. The van der Waals surface area contributed by atoms with Gasteiger partial charge in [0.2, 0.25) is 0 Å². The summed E-state index contributed by atoms with van der Waals surface area (Å²) in [5.41, 5.74) is 1.49. The van der Waals surface area contributed by atoms with Gasteiger partial charge in [-0.1, -0.05) is 25.1 Å². The highest BCUT2D eigenvalue weighted by atomic mass is 32.2. The van der Waals surface area contributed by atoms with Gasteiger partial charge in [0.1, 0.15) is 0 Å². The van der Waals surface area contributed by atoms with E-state index >= 15 is 0 Å². The fourth-order valence-electron chi connectivity index (χ4n) is 4.65. The van der Waals surface area contributed by atoms with Gasteiger partial charge in [0.05, 0.1) is 17.5 Å². The average Bonchev–Trinajstić information content (AvgIpc) is 3.24. The van der Waals surface area contributed by atoms with Crippen LogP contribution in [0, 0.1) is 0 Å². The van der Waals surface area contributed by atoms with Crippen LogP contribution in [0.4, 0.5) is 5.69 Å². The molecular weight excluding hydrogens is 432 g/mol. The van der Waals surface area contributed by atoms with E-state index in [-0.39, 0.29) is 28.7 Å². The maximum Gasteiger partial charge on any atom is 0.251 e. The van der Waals surface area contributed by atoms with Crippen molar-refractivity contribution in [1.29, 1.82) is 0 Å². The second-order valence-electron chi connectivity index (χ2n) is 8.64. The summed E-state index contributed by atoms with van der Waals surface area (Å²) in [6.45, 7) is 5.18. The van der Waals surface area contributed by atoms with Gasteiger partial charge >= 0.3 is 0 Å². The summed E-state index contributed by atoms with van der Waals surface area (Å²) in [5.74, 6) is 0.295. The van der Waals surface area contributed by atoms with Crippen LogP contribution < -0.4 is 10.6 Å². The molecule has 0 saturated carbocycles. The number of likely N-dealkylation sites (tertiary alicyclic amines) is 1. The SMILES string of the molecule is CCC1CCCCN1CCCNC(=O)c1ccc(NC2=N[C@@H]3CS(=O)(=O)C[C@@H]3S2)cc1. The molecule has 1 unspecified atom stereocenters. The summed E-state index contributed by atoms with van der Waals surface area (Å²) < 4.78 is 23.3. The number of rotatable bonds is 7. The summed E-state index contributed by atoms with van der Waals surface area (Å²) in [7, 11) is -2.94. The number of nitrogens with one attached hydrogen (secondary N) is 2. The molecule has 2 saturated heterocycles. The van der Waals surface area contributed by atoms with Crippen LogP contribution >= 0.6 is 11.8 Å². The van der Waals surface area contributed by atoms with Crippen LogP contribution in [0.5, 0.6) is 0 Å². The Morgan fingerprint density at radius 2 is 2.03 bits per heavy atom. The third-order valence-electron chi connectivity index (χ3n) is 6.34. The monoisotopic (exact) mass is 464 g/mol. The first-order chi connectivity index (χ1) is 14.9. The molecule has 3 heterocycles. The normalized spacial score (nSPS) is 27.5. The minimum Gasteiger partial charge on any atom is -0.352 e. The second kappa shape index (κ2) is 9.92. The Morgan fingerprint density at radius 1 is 1.23 bits per heavy atom. The van der Waals surface area contributed by atoms with E-state index in [1.165, 1.54) is 44.0 Å². The van der Waals surface area contributed by atoms with Gasteiger partial charge in [0.15, 0.2) is 15.0 Å². The molecule has 31 heavy (non-hydrogen) atoms. The van der Waals surface area contributed by atoms with E-state index in [9.17, 15) is 13.2 Å². The fraction of sp³-hybridized carbons (Fsp3) is 0.636. The Hall–Kier alpha value is -1.58. The van der Waals surface area contributed by atoms with Crippen LogP contribution in [0.2, 0.25) is 0 Å². The number of benzene rings is 1. The summed E-state index contributed by atoms with van der Waals surface area (Å²) in [6, 6.07) is 7.91. The number of fused-ring (bicyclic) bond motifs is 1. The lowest BCUT2D eigenvalue weighted by atomic mass is 10.00. The molecule has 3 atom stereocenters. The van der Waals surface area contributed by atoms with Crippen molar-refractivity contribution in [3.8, 4) is 0 Å². The lowest BCUT2D eigenvalue weighted by Crippen LogP contribution is -2.40. The molecule has 0 spiro atoms. The lowest BCUT2D eigenvalue weighted by Gasteiger charge is -2.35. The molecule has 3 aliphatic rings. The molecule has 1 aromatic rings. The van der Waals surface area contributed by atoms with E-state index in [1.807, 2.05) is 12.1 Å². The van der Waals surface area contributed by atoms with Crippen molar-refractivity contribution in [2.24, 2.45) is 4.99 Å². The van der Waals surface area contributed by atoms with Crippen LogP contribution in [0.3, 0.4) is 0 Å². The number of amidine groups is 1. The number of piperidine rings is 1. The number of carbonyl (C=O) groups excluding carboxylic acids is 1. The van der Waals surface area contributed by atoms with Crippen molar-refractivity contribution < 1.29 is 13.2 Å². The van der Waals surface area contributed by atoms with Gasteiger partial charge in [-0.25, -0.2) is 8.42 Å². The standard InChI is InChI=1S/C22H32N4O3S2/c1-2-18-6-3-4-12-26(18)13-5-11-23-21(27)16-7-9-17(10-8-16)24-22-25-19-14-31(28,29)15-20(19)30-22/h7-10,18-20H,2-6,11-15H2,1H3,(H,23,27)(H,24,25)/t18?,19-,20+/m1/s1. The number of hydrogen-bond acceptors (Lipinski definition) is 7. The zero-order chi connectivity index (χ0) is 21.8. The molecule has 3 aliphatic heterocycles. The summed E-state index contributed by atoms with van der Waals surface area (Å²) in [5, 5.41) is 7.05. The van der Waals surface area contributed by atoms with Crippen molar-refractivity contribution in [2.75, 3.05) is 36.5 Å². The smallest absolute Gasteiger partial charge is 0.251 e. The fourth-order valence-corrected chi connectivity index (χ4v) is 8.32. The molecule has 0 radical (unpaired) electrons. The number of anilines is 1. The molecule has 170 valence electrons. The summed E-state index contributed by atoms with van der Waals surface area (Å²) >= 11 is 1.49. The van der Waals surface area contributed by atoms with Gasteiger partial charge in [-0.3, -0.25) is 9.79 Å². The Labute approximate surface area is 189 Å². The van der Waals surface area contributed by atoms with Gasteiger partial charge < -0.3 is 15.5 Å². The molecule has 2 fully saturated rings. The summed E-state index contributed by atoms with van der Waals surface area (Å²) in [6.07, 6.45) is 6.10. The van der Waals surface area contributed by atoms with Crippen LogP contribution in [-0.2, 0) is 9.84 Å². The van der Waals surface area contributed by atoms with Crippen LogP contribution in [0.25, 0.3) is 0 Å². The molecule has 1 aromatic carbocycles. The molecule has 0 aliphatic carbocycles. The van der Waals surface area contributed by atoms with Gasteiger partial charge in [-0.05, 0) is 56.5 Å². The maximum atomic E-state index is 12.4. The Morgan fingerprint density at radius 3 is 2.77 bits per heavy atom. The molecule has 4 rings (SSSR count). The molecule has 9 heteroatoms. The number of nitrogens with zero attached hydrogens (tertiary/aromatic N) is 2. The molecule has 1 amide bonds. The van der Waals surface area contributed by atoms with E-state index < -0.39 is 9.84 Å². The van der Waals surface area contributed by atoms with Gasteiger partial charge in [-0.15, -0.1) is 0 Å². The maximum absolute atomic E-state index is 12.4. The molecule has 7 nitrogen and oxygen atoms in total. The van der Waals surface area contributed by atoms with Gasteiger partial charge in [0, 0.05) is 35.6 Å². The predicted molar refractivity (Wildman–Crippen MR) is 128 cm³/mol. The number of sulfone groups is 1. The first-order valence-corrected chi connectivity index (χ1v) is 14.0. The van der Waals surface area contributed by atoms with Gasteiger partial charge in [-0.2, -0.15) is 0 Å². The van der Waals surface area contributed by atoms with Crippen LogP contribution in [0.1, 0.15) is 49.4 Å². The number of amides is 1. The highest BCUT2D eigenvalue weighted by Gasteiger charge is 2.42. The molecule has 0 bridgehead atoms. The van der Waals surface area contributed by atoms with Crippen LogP contribution in [0.15, 0.2) is 29.3 Å². The molecular formula is C22H32N4O3S2. The van der Waals surface area contributed by atoms with Crippen molar-refractivity contribution in [3.63, 3.8) is 0 Å². The first kappa shape index (κ1) is 22.6. The highest BCUT2D eigenvalue weighted by molar-refractivity contribution is 8.15. The first-order valence-electron chi connectivity index (χ1n) is 11.3. The van der Waals surface area contributed by atoms with E-state index in [0.717, 1.165) is 23.8 Å². The molecule has 0 aromatic heterocycles. The summed E-state index contributed by atoms with van der Waals surface area (Å²) in [4.78, 5) is 19.5. The van der Waals surface area contributed by atoms with Crippen molar-refractivity contribution in [1.82, 2.24) is 10.2 Å². The third kappa shape index (κ3) is 5.81. The quantitative estimate of drug-likeness (QED) is 0.603. The highest BCUT2D eigenvalue weighted by Crippen LogP contribution is 2.34. The largest absolute Gasteiger partial charge is 0.352 e. The van der Waals surface area contributed by atoms with Gasteiger partial charge in [0.25, 0.3) is 5.91 Å². The minimum absolute atomic E-state index is 0.0232. The number of aliphatic imine (C=N–C) groups is 1. The topological polar surface area (TPSA) is 90.9 Å². The van der Waals surface area contributed by atoms with Crippen molar-refractivity contribution in [2.45, 2.75) is 56.4 Å². The van der Waals surface area contributed by atoms with E-state index in [4.69, 9.17) is 0 Å². The molecule has 2 N–H and O–H groups in total. The number of thioether (sulfide) groups is 1. The third-order valence-corrected chi connectivity index (χ3v) is 9.49. The van der Waals surface area contributed by atoms with E-state index in [2.05, 4.69) is 27.4 Å². The average molecular weight is 465 g/mol. The predicted octanol–water partition coefficient (Wildman–Crippen LogP) is 2.75. The van der Waals surface area contributed by atoms with Crippen LogP contribution in [-0.4, -0.2) is 72.9 Å². The number of hydrogen-bond donors (Lipinski definition) is 2. The Balaban J connectivity index is 1.21. The van der Waals surface area contributed by atoms with Crippen molar-refractivity contribution >= 4 is 38.4 Å². The van der Waals surface area contributed by atoms with E-state index in [0.29, 0.717) is 18.2 Å². The minimum atomic E-state index is -2.94. The zero-order valence-electron chi connectivity index (χ0n) is 18.0. The Kier molecular flexibility index (Phi) is 7.23. The Bertz CT molecular complexity index is 917. The second-order valence-corrected chi connectivity index (χ2v) is 12.0. The van der Waals surface area contributed by atoms with Crippen molar-refractivity contribution in [3.05, 3.63) is 29.8 Å². The van der Waals surface area contributed by atoms with E-state index in [1.54, 1.807) is 12.1 Å².